The summed E-state index contributed by atoms with van der Waals surface area (Å²) in [4.78, 5) is 15.3. The minimum atomic E-state index is -0.520. The number of carbonyl (C=O) groups excluding carboxylic acids is 1. The number of carbonyl (C=O) groups is 1. The fourth-order valence-corrected chi connectivity index (χ4v) is 1.60. The van der Waals surface area contributed by atoms with Crippen molar-refractivity contribution in [2.24, 2.45) is 0 Å². The Labute approximate surface area is 98.4 Å². The molecule has 1 saturated heterocycles. The summed E-state index contributed by atoms with van der Waals surface area (Å²) in [6.45, 7) is 2.59. The summed E-state index contributed by atoms with van der Waals surface area (Å²) in [7, 11) is 0. The van der Waals surface area contributed by atoms with Crippen LogP contribution < -0.4 is 10.6 Å². The predicted octanol–water partition coefficient (Wildman–Crippen LogP) is -0.0611. The highest BCUT2D eigenvalue weighted by Gasteiger charge is 2.15. The van der Waals surface area contributed by atoms with E-state index in [-0.39, 0.29) is 17.6 Å². The quantitative estimate of drug-likeness (QED) is 0.775. The Balaban J connectivity index is 1.84. The minimum absolute atomic E-state index is 0.0331. The molecule has 0 saturated carbocycles. The van der Waals surface area contributed by atoms with Crippen molar-refractivity contribution < 1.29 is 13.9 Å². The first-order chi connectivity index (χ1) is 8.25. The Morgan fingerprint density at radius 2 is 2.53 bits per heavy atom. The van der Waals surface area contributed by atoms with Crippen LogP contribution in [0.25, 0.3) is 0 Å². The van der Waals surface area contributed by atoms with Gasteiger partial charge in [0, 0.05) is 25.8 Å². The van der Waals surface area contributed by atoms with Crippen molar-refractivity contribution in [3.63, 3.8) is 0 Å². The summed E-state index contributed by atoms with van der Waals surface area (Å²) in [5.41, 5.74) is 0.216. The van der Waals surface area contributed by atoms with Crippen LogP contribution in [0.1, 0.15) is 10.4 Å². The molecule has 1 aliphatic heterocycles. The van der Waals surface area contributed by atoms with E-state index in [4.69, 9.17) is 4.74 Å². The van der Waals surface area contributed by atoms with Gasteiger partial charge in [-0.3, -0.25) is 9.78 Å². The van der Waals surface area contributed by atoms with Gasteiger partial charge in [-0.25, -0.2) is 4.39 Å². The Bertz CT molecular complexity index is 394. The molecule has 2 N–H and O–H groups in total. The molecule has 1 aromatic heterocycles. The van der Waals surface area contributed by atoms with Crippen molar-refractivity contribution >= 4 is 5.91 Å². The summed E-state index contributed by atoms with van der Waals surface area (Å²) >= 11 is 0. The standard InChI is InChI=1S/C11H14FN3O2/c12-9-3-8(4-14-5-9)11(16)15-7-10-6-13-1-2-17-10/h3-5,10,13H,1-2,6-7H2,(H,15,16). The van der Waals surface area contributed by atoms with Gasteiger partial charge in [0.1, 0.15) is 5.82 Å². The zero-order valence-corrected chi connectivity index (χ0v) is 9.28. The van der Waals surface area contributed by atoms with Crippen molar-refractivity contribution in [2.45, 2.75) is 6.10 Å². The van der Waals surface area contributed by atoms with Crippen molar-refractivity contribution in [3.8, 4) is 0 Å². The molecule has 1 aliphatic rings. The molecule has 92 valence electrons. The van der Waals surface area contributed by atoms with Crippen LogP contribution in [0.5, 0.6) is 0 Å². The SMILES string of the molecule is O=C(NCC1CNCCO1)c1cncc(F)c1. The van der Waals surface area contributed by atoms with Gasteiger partial charge in [0.05, 0.1) is 24.5 Å². The van der Waals surface area contributed by atoms with E-state index in [1.54, 1.807) is 0 Å². The molecule has 0 spiro atoms. The van der Waals surface area contributed by atoms with Gasteiger partial charge in [-0.15, -0.1) is 0 Å². The predicted molar refractivity (Wildman–Crippen MR) is 59.1 cm³/mol. The third-order valence-electron chi connectivity index (χ3n) is 2.46. The highest BCUT2D eigenvalue weighted by molar-refractivity contribution is 5.93. The van der Waals surface area contributed by atoms with E-state index in [9.17, 15) is 9.18 Å². The van der Waals surface area contributed by atoms with Gasteiger partial charge in [0.2, 0.25) is 0 Å². The number of hydrogen-bond donors (Lipinski definition) is 2. The van der Waals surface area contributed by atoms with Gasteiger partial charge >= 0.3 is 0 Å². The number of nitrogens with zero attached hydrogens (tertiary/aromatic N) is 1. The van der Waals surface area contributed by atoms with Gasteiger partial charge in [-0.2, -0.15) is 0 Å². The summed E-state index contributed by atoms with van der Waals surface area (Å²) < 4.78 is 18.3. The van der Waals surface area contributed by atoms with E-state index in [1.807, 2.05) is 0 Å². The zero-order valence-electron chi connectivity index (χ0n) is 9.28. The van der Waals surface area contributed by atoms with Crippen LogP contribution in [0, 0.1) is 5.82 Å². The fourth-order valence-electron chi connectivity index (χ4n) is 1.60. The number of amides is 1. The number of rotatable bonds is 3. The second-order valence-corrected chi connectivity index (χ2v) is 3.80. The molecule has 2 rings (SSSR count). The number of ether oxygens (including phenoxy) is 1. The fraction of sp³-hybridized carbons (Fsp3) is 0.455. The molecule has 2 heterocycles. The Hall–Kier alpha value is -1.53. The number of pyridine rings is 1. The Kier molecular flexibility index (Phi) is 4.00. The van der Waals surface area contributed by atoms with Crippen LogP contribution in [0.3, 0.4) is 0 Å². The van der Waals surface area contributed by atoms with Gasteiger partial charge in [0.25, 0.3) is 5.91 Å². The van der Waals surface area contributed by atoms with Gasteiger partial charge in [0.15, 0.2) is 0 Å². The maximum Gasteiger partial charge on any atom is 0.253 e. The number of halogens is 1. The first-order valence-corrected chi connectivity index (χ1v) is 5.47. The summed E-state index contributed by atoms with van der Waals surface area (Å²) in [6, 6.07) is 1.16. The molecular formula is C11H14FN3O2. The lowest BCUT2D eigenvalue weighted by Crippen LogP contribution is -2.45. The number of aromatic nitrogens is 1. The average Bonchev–Trinajstić information content (AvgIpc) is 2.37. The lowest BCUT2D eigenvalue weighted by atomic mass is 10.2. The first kappa shape index (κ1) is 11.9. The minimum Gasteiger partial charge on any atom is -0.374 e. The summed E-state index contributed by atoms with van der Waals surface area (Å²) in [5, 5.41) is 5.84. The molecule has 0 aromatic carbocycles. The topological polar surface area (TPSA) is 63.2 Å². The van der Waals surface area contributed by atoms with Crippen molar-refractivity contribution in [1.29, 1.82) is 0 Å². The molecule has 6 heteroatoms. The van der Waals surface area contributed by atoms with E-state index in [1.165, 1.54) is 6.20 Å². The van der Waals surface area contributed by atoms with Crippen LogP contribution in [-0.2, 0) is 4.74 Å². The van der Waals surface area contributed by atoms with Gasteiger partial charge in [-0.05, 0) is 6.07 Å². The van der Waals surface area contributed by atoms with E-state index in [0.717, 1.165) is 18.8 Å². The molecule has 1 unspecified atom stereocenters. The van der Waals surface area contributed by atoms with Crippen molar-refractivity contribution in [2.75, 3.05) is 26.2 Å². The molecule has 0 aliphatic carbocycles. The highest BCUT2D eigenvalue weighted by atomic mass is 19.1. The van der Waals surface area contributed by atoms with E-state index in [0.29, 0.717) is 19.7 Å². The third-order valence-corrected chi connectivity index (χ3v) is 2.46. The second-order valence-electron chi connectivity index (χ2n) is 3.80. The molecular weight excluding hydrogens is 225 g/mol. The van der Waals surface area contributed by atoms with Gasteiger partial charge < -0.3 is 15.4 Å². The maximum absolute atomic E-state index is 12.8. The van der Waals surface area contributed by atoms with Crippen LogP contribution in [0.4, 0.5) is 4.39 Å². The highest BCUT2D eigenvalue weighted by Crippen LogP contribution is 2.01. The van der Waals surface area contributed by atoms with Gasteiger partial charge in [-0.1, -0.05) is 0 Å². The third kappa shape index (κ3) is 3.47. The molecule has 5 nitrogen and oxygen atoms in total. The largest absolute Gasteiger partial charge is 0.374 e. The zero-order chi connectivity index (χ0) is 12.1. The second kappa shape index (κ2) is 5.70. The molecule has 0 bridgehead atoms. The van der Waals surface area contributed by atoms with E-state index < -0.39 is 5.82 Å². The number of hydrogen-bond acceptors (Lipinski definition) is 4. The Morgan fingerprint density at radius 3 is 3.24 bits per heavy atom. The van der Waals surface area contributed by atoms with E-state index >= 15 is 0 Å². The van der Waals surface area contributed by atoms with Crippen LogP contribution in [-0.4, -0.2) is 43.2 Å². The summed E-state index contributed by atoms with van der Waals surface area (Å²) in [6.07, 6.45) is 2.36. The molecule has 1 atom stereocenters. The lowest BCUT2D eigenvalue weighted by Gasteiger charge is -2.23. The Morgan fingerprint density at radius 1 is 1.65 bits per heavy atom. The van der Waals surface area contributed by atoms with Crippen LogP contribution >= 0.6 is 0 Å². The number of nitrogens with one attached hydrogen (secondary N) is 2. The molecule has 1 amide bonds. The molecule has 17 heavy (non-hydrogen) atoms. The molecule has 1 fully saturated rings. The lowest BCUT2D eigenvalue weighted by molar-refractivity contribution is 0.0287. The van der Waals surface area contributed by atoms with E-state index in [2.05, 4.69) is 15.6 Å². The molecule has 0 radical (unpaired) electrons. The monoisotopic (exact) mass is 239 g/mol. The van der Waals surface area contributed by atoms with Crippen molar-refractivity contribution in [3.05, 3.63) is 29.8 Å². The normalized spacial score (nSPS) is 19.9. The smallest absolute Gasteiger partial charge is 0.253 e. The summed E-state index contributed by atoms with van der Waals surface area (Å²) in [5.74, 6) is -0.862. The first-order valence-electron chi connectivity index (χ1n) is 5.47. The van der Waals surface area contributed by atoms with Crippen molar-refractivity contribution in [1.82, 2.24) is 15.6 Å². The van der Waals surface area contributed by atoms with Crippen LogP contribution in [0.2, 0.25) is 0 Å². The molecule has 1 aromatic rings. The van der Waals surface area contributed by atoms with Crippen LogP contribution in [0.15, 0.2) is 18.5 Å². The maximum atomic E-state index is 12.8. The number of morpholine rings is 1. The average molecular weight is 239 g/mol.